The highest BCUT2D eigenvalue weighted by atomic mass is 16.2. The molecule has 3 atom stereocenters. The highest BCUT2D eigenvalue weighted by molar-refractivity contribution is 5.84. The minimum Gasteiger partial charge on any atom is -0.354 e. The van der Waals surface area contributed by atoms with E-state index in [1.165, 1.54) is 12.8 Å². The first-order valence-electron chi connectivity index (χ1n) is 8.20. The van der Waals surface area contributed by atoms with Crippen molar-refractivity contribution in [3.05, 3.63) is 18.2 Å². The number of aromatic nitrogens is 2. The van der Waals surface area contributed by atoms with Crippen molar-refractivity contribution in [1.82, 2.24) is 19.8 Å². The normalized spacial score (nSPS) is 29.9. The number of imidazole rings is 1. The van der Waals surface area contributed by atoms with Crippen LogP contribution in [0.1, 0.15) is 37.9 Å². The summed E-state index contributed by atoms with van der Waals surface area (Å²) in [5.74, 6) is 1.50. The van der Waals surface area contributed by atoms with Crippen LogP contribution < -0.4 is 5.32 Å². The number of nitrogens with one attached hydrogen (secondary N) is 1. The number of carbonyl (C=O) groups is 2. The zero-order chi connectivity index (χ0) is 15.3. The summed E-state index contributed by atoms with van der Waals surface area (Å²) < 4.78 is 1.92. The number of hydrogen-bond donors (Lipinski definition) is 1. The first kappa shape index (κ1) is 13.8. The minimum absolute atomic E-state index is 0.00694. The molecular weight excluding hydrogens is 280 g/mol. The molecule has 1 aromatic rings. The molecular formula is C16H22N4O2. The molecule has 6 nitrogen and oxygen atoms in total. The Balaban J connectivity index is 1.49. The molecule has 118 valence electrons. The lowest BCUT2D eigenvalue weighted by atomic mass is 10.1. The maximum Gasteiger partial charge on any atom is 0.244 e. The van der Waals surface area contributed by atoms with Gasteiger partial charge in [0, 0.05) is 18.7 Å². The summed E-state index contributed by atoms with van der Waals surface area (Å²) in [6, 6.07) is -0.344. The summed E-state index contributed by atoms with van der Waals surface area (Å²) in [5.41, 5.74) is 0.944. The fourth-order valence-electron chi connectivity index (χ4n) is 3.25. The van der Waals surface area contributed by atoms with Gasteiger partial charge in [0.15, 0.2) is 0 Å². The molecule has 2 heterocycles. The van der Waals surface area contributed by atoms with Gasteiger partial charge in [-0.2, -0.15) is 0 Å². The van der Waals surface area contributed by atoms with Crippen LogP contribution in [-0.2, 0) is 16.1 Å². The van der Waals surface area contributed by atoms with Crippen LogP contribution in [-0.4, -0.2) is 39.4 Å². The van der Waals surface area contributed by atoms with Gasteiger partial charge in [-0.15, -0.1) is 0 Å². The molecule has 1 aliphatic heterocycles. The molecule has 0 bridgehead atoms. The second-order valence-corrected chi connectivity index (χ2v) is 7.03. The summed E-state index contributed by atoms with van der Waals surface area (Å²) in [4.78, 5) is 31.0. The van der Waals surface area contributed by atoms with Gasteiger partial charge in [-0.05, 0) is 31.1 Å². The van der Waals surface area contributed by atoms with Crippen LogP contribution in [0.4, 0.5) is 0 Å². The van der Waals surface area contributed by atoms with Gasteiger partial charge in [-0.3, -0.25) is 9.59 Å². The summed E-state index contributed by atoms with van der Waals surface area (Å²) in [5, 5.41) is 3.03. The molecule has 1 aromatic heterocycles. The van der Waals surface area contributed by atoms with Gasteiger partial charge in [-0.25, -0.2) is 4.98 Å². The molecule has 2 aliphatic carbocycles. The van der Waals surface area contributed by atoms with E-state index in [9.17, 15) is 9.59 Å². The van der Waals surface area contributed by atoms with Crippen molar-refractivity contribution < 1.29 is 9.59 Å². The molecule has 4 rings (SSSR count). The zero-order valence-electron chi connectivity index (χ0n) is 12.9. The van der Waals surface area contributed by atoms with Crippen LogP contribution in [0.5, 0.6) is 0 Å². The van der Waals surface area contributed by atoms with Crippen molar-refractivity contribution >= 4 is 11.8 Å². The zero-order valence-corrected chi connectivity index (χ0v) is 12.9. The SMILES string of the molecule is C[C@@H]1C[C@@H]1C(=O)N1Cc2cncn2[C@H](C(=O)NCC2CC2)C1. The number of rotatable bonds is 4. The highest BCUT2D eigenvalue weighted by Crippen LogP contribution is 2.40. The molecule has 0 radical (unpaired) electrons. The lowest BCUT2D eigenvalue weighted by Crippen LogP contribution is -2.47. The molecule has 2 saturated carbocycles. The first-order chi connectivity index (χ1) is 10.6. The smallest absolute Gasteiger partial charge is 0.244 e. The van der Waals surface area contributed by atoms with Crippen LogP contribution in [0.3, 0.4) is 0 Å². The van der Waals surface area contributed by atoms with Crippen molar-refractivity contribution in [2.45, 2.75) is 38.8 Å². The van der Waals surface area contributed by atoms with Crippen LogP contribution in [0.25, 0.3) is 0 Å². The molecule has 2 amide bonds. The van der Waals surface area contributed by atoms with E-state index in [0.717, 1.165) is 18.7 Å². The fourth-order valence-corrected chi connectivity index (χ4v) is 3.25. The highest BCUT2D eigenvalue weighted by Gasteiger charge is 2.43. The van der Waals surface area contributed by atoms with Gasteiger partial charge < -0.3 is 14.8 Å². The quantitative estimate of drug-likeness (QED) is 0.900. The predicted octanol–water partition coefficient (Wildman–Crippen LogP) is 0.949. The number of carbonyl (C=O) groups excluding carboxylic acids is 2. The summed E-state index contributed by atoms with van der Waals surface area (Å²) in [6.07, 6.45) is 6.87. The van der Waals surface area contributed by atoms with Crippen molar-refractivity contribution in [3.63, 3.8) is 0 Å². The van der Waals surface area contributed by atoms with Gasteiger partial charge in [0.2, 0.25) is 11.8 Å². The van der Waals surface area contributed by atoms with E-state index in [1.807, 2.05) is 9.47 Å². The number of amides is 2. The second kappa shape index (κ2) is 5.11. The number of fused-ring (bicyclic) bond motifs is 1. The largest absolute Gasteiger partial charge is 0.354 e. The second-order valence-electron chi connectivity index (χ2n) is 7.03. The molecule has 2 fully saturated rings. The summed E-state index contributed by atoms with van der Waals surface area (Å²) >= 11 is 0. The van der Waals surface area contributed by atoms with Crippen LogP contribution in [0.15, 0.2) is 12.5 Å². The average Bonchev–Trinajstić information content (AvgIpc) is 3.42. The van der Waals surface area contributed by atoms with Crippen molar-refractivity contribution in [2.24, 2.45) is 17.8 Å². The third-order valence-electron chi connectivity index (χ3n) is 5.13. The monoisotopic (exact) mass is 302 g/mol. The Morgan fingerprint density at radius 3 is 2.86 bits per heavy atom. The van der Waals surface area contributed by atoms with E-state index in [2.05, 4.69) is 17.2 Å². The third kappa shape index (κ3) is 2.51. The van der Waals surface area contributed by atoms with Crippen LogP contribution >= 0.6 is 0 Å². The lowest BCUT2D eigenvalue weighted by Gasteiger charge is -2.34. The Morgan fingerprint density at radius 1 is 1.41 bits per heavy atom. The number of nitrogens with zero attached hydrogens (tertiary/aromatic N) is 3. The topological polar surface area (TPSA) is 67.2 Å². The fraction of sp³-hybridized carbons (Fsp3) is 0.688. The van der Waals surface area contributed by atoms with Gasteiger partial charge in [-0.1, -0.05) is 6.92 Å². The molecule has 0 unspecified atom stereocenters. The van der Waals surface area contributed by atoms with Crippen molar-refractivity contribution in [2.75, 3.05) is 13.1 Å². The average molecular weight is 302 g/mol. The van der Waals surface area contributed by atoms with E-state index in [-0.39, 0.29) is 23.8 Å². The van der Waals surface area contributed by atoms with Gasteiger partial charge in [0.25, 0.3) is 0 Å². The van der Waals surface area contributed by atoms with Gasteiger partial charge in [0.1, 0.15) is 6.04 Å². The standard InChI is InChI=1S/C16H22N4O2/c1-10-4-13(10)16(22)19-7-12-6-17-9-20(12)14(8-19)15(21)18-5-11-2-3-11/h6,9-11,13-14H,2-5,7-8H2,1H3,(H,18,21)/t10-,13+,14+/m1/s1. The Kier molecular flexibility index (Phi) is 3.20. The molecule has 22 heavy (non-hydrogen) atoms. The third-order valence-corrected chi connectivity index (χ3v) is 5.13. The predicted molar refractivity (Wildman–Crippen MR) is 79.7 cm³/mol. The van der Waals surface area contributed by atoms with E-state index in [0.29, 0.717) is 24.9 Å². The van der Waals surface area contributed by atoms with E-state index in [4.69, 9.17) is 0 Å². The minimum atomic E-state index is -0.344. The maximum atomic E-state index is 12.5. The molecule has 6 heteroatoms. The number of hydrogen-bond acceptors (Lipinski definition) is 3. The van der Waals surface area contributed by atoms with Gasteiger partial charge in [0.05, 0.1) is 25.1 Å². The van der Waals surface area contributed by atoms with E-state index >= 15 is 0 Å². The molecule has 0 spiro atoms. The summed E-state index contributed by atoms with van der Waals surface area (Å²) in [7, 11) is 0. The summed E-state index contributed by atoms with van der Waals surface area (Å²) in [6.45, 7) is 3.89. The van der Waals surface area contributed by atoms with Crippen LogP contribution in [0.2, 0.25) is 0 Å². The maximum absolute atomic E-state index is 12.5. The Labute approximate surface area is 129 Å². The molecule has 0 saturated heterocycles. The van der Waals surface area contributed by atoms with Crippen molar-refractivity contribution in [1.29, 1.82) is 0 Å². The Hall–Kier alpha value is -1.85. The van der Waals surface area contributed by atoms with Crippen molar-refractivity contribution in [3.8, 4) is 0 Å². The molecule has 1 N–H and O–H groups in total. The Morgan fingerprint density at radius 2 is 2.18 bits per heavy atom. The Bertz CT molecular complexity index is 607. The van der Waals surface area contributed by atoms with E-state index < -0.39 is 0 Å². The van der Waals surface area contributed by atoms with E-state index in [1.54, 1.807) is 12.5 Å². The molecule has 0 aromatic carbocycles. The first-order valence-corrected chi connectivity index (χ1v) is 8.20. The lowest BCUT2D eigenvalue weighted by molar-refractivity contribution is -0.136. The molecule has 3 aliphatic rings. The van der Waals surface area contributed by atoms with Crippen LogP contribution in [0, 0.1) is 17.8 Å². The van der Waals surface area contributed by atoms with Gasteiger partial charge >= 0.3 is 0 Å².